The van der Waals surface area contributed by atoms with Crippen molar-refractivity contribution >= 4 is 39.9 Å². The molecule has 32 heavy (non-hydrogen) atoms. The van der Waals surface area contributed by atoms with E-state index < -0.39 is 0 Å². The summed E-state index contributed by atoms with van der Waals surface area (Å²) in [6.07, 6.45) is 1.98. The lowest BCUT2D eigenvalue weighted by Crippen LogP contribution is -2.54. The lowest BCUT2D eigenvalue weighted by molar-refractivity contribution is 0.243. The van der Waals surface area contributed by atoms with E-state index in [4.69, 9.17) is 19.8 Å². The first-order valence-electron chi connectivity index (χ1n) is 10.8. The Labute approximate surface area is 197 Å². The number of pyridine rings is 1. The van der Waals surface area contributed by atoms with E-state index in [9.17, 15) is 0 Å². The number of thiazole rings is 1. The number of benzene rings is 1. The molecule has 3 aromatic rings. The molecule has 2 atom stereocenters. The van der Waals surface area contributed by atoms with Crippen molar-refractivity contribution in [3.63, 3.8) is 0 Å². The second-order valence-corrected chi connectivity index (χ2v) is 9.95. The quantitative estimate of drug-likeness (QED) is 0.421. The van der Waals surface area contributed by atoms with Gasteiger partial charge in [0, 0.05) is 47.2 Å². The molecule has 0 spiro atoms. The van der Waals surface area contributed by atoms with Crippen molar-refractivity contribution in [3.05, 3.63) is 41.9 Å². The van der Waals surface area contributed by atoms with Gasteiger partial charge < -0.3 is 20.3 Å². The third kappa shape index (κ3) is 5.53. The van der Waals surface area contributed by atoms with Crippen molar-refractivity contribution < 1.29 is 4.74 Å². The second kappa shape index (κ2) is 10.1. The summed E-state index contributed by atoms with van der Waals surface area (Å²) in [5.74, 6) is 1.79. The van der Waals surface area contributed by atoms with Crippen molar-refractivity contribution in [2.75, 3.05) is 23.3 Å². The highest BCUT2D eigenvalue weighted by Gasteiger charge is 2.22. The van der Waals surface area contributed by atoms with Gasteiger partial charge in [0.15, 0.2) is 5.13 Å². The van der Waals surface area contributed by atoms with Gasteiger partial charge in [0.25, 0.3) is 0 Å². The van der Waals surface area contributed by atoms with Crippen LogP contribution < -0.4 is 25.4 Å². The summed E-state index contributed by atoms with van der Waals surface area (Å²) in [7, 11) is 0. The first-order chi connectivity index (χ1) is 15.4. The van der Waals surface area contributed by atoms with Crippen LogP contribution in [0.1, 0.15) is 27.7 Å². The molecule has 170 valence electrons. The molecule has 1 aliphatic heterocycles. The zero-order chi connectivity index (χ0) is 22.7. The summed E-state index contributed by atoms with van der Waals surface area (Å²) in [5.41, 5.74) is 2.75. The molecule has 1 saturated heterocycles. The van der Waals surface area contributed by atoms with E-state index in [2.05, 4.69) is 41.5 Å². The Hall–Kier alpha value is -2.33. The average molecular weight is 471 g/mol. The number of hydrogen-bond acceptors (Lipinski definition) is 9. The summed E-state index contributed by atoms with van der Waals surface area (Å²) in [5, 5.41) is 15.5. The molecule has 0 amide bonds. The Balaban J connectivity index is 1.50. The third-order valence-electron chi connectivity index (χ3n) is 5.12. The number of ether oxygens (including phenoxy) is 1. The molecule has 9 heteroatoms. The lowest BCUT2D eigenvalue weighted by atomic mass is 10.1. The average Bonchev–Trinajstić information content (AvgIpc) is 3.22. The fourth-order valence-electron chi connectivity index (χ4n) is 3.85. The maximum absolute atomic E-state index is 5.94. The molecule has 2 unspecified atom stereocenters. The van der Waals surface area contributed by atoms with E-state index in [0.29, 0.717) is 12.1 Å². The SMILES string of the molecule is CC1CN(c2ccc(-c3csc(Nc4cc(SN)ccc4OC(C)C)n3)cn2)CC(C)N1. The fraction of sp³-hybridized carbons (Fsp3) is 0.391. The summed E-state index contributed by atoms with van der Waals surface area (Å²) in [6, 6.07) is 11.0. The maximum Gasteiger partial charge on any atom is 0.187 e. The first kappa shape index (κ1) is 22.8. The molecule has 2 aromatic heterocycles. The molecular formula is C23H30N6OS2. The highest BCUT2D eigenvalue weighted by atomic mass is 32.2. The molecule has 1 aliphatic rings. The number of hydrogen-bond donors (Lipinski definition) is 3. The minimum atomic E-state index is 0.0741. The maximum atomic E-state index is 5.94. The van der Waals surface area contributed by atoms with Crippen LogP contribution in [0.4, 0.5) is 16.6 Å². The number of nitrogens with zero attached hydrogens (tertiary/aromatic N) is 3. The molecule has 3 heterocycles. The van der Waals surface area contributed by atoms with Gasteiger partial charge in [-0.1, -0.05) is 0 Å². The number of nitrogens with two attached hydrogens (primary N) is 1. The van der Waals surface area contributed by atoms with Crippen LogP contribution in [0.25, 0.3) is 11.3 Å². The van der Waals surface area contributed by atoms with Gasteiger partial charge in [0.1, 0.15) is 11.6 Å². The summed E-state index contributed by atoms with van der Waals surface area (Å²) < 4.78 is 5.94. The highest BCUT2D eigenvalue weighted by molar-refractivity contribution is 7.97. The Morgan fingerprint density at radius 2 is 2.00 bits per heavy atom. The van der Waals surface area contributed by atoms with E-state index in [1.165, 1.54) is 11.9 Å². The number of rotatable bonds is 7. The van der Waals surface area contributed by atoms with Crippen LogP contribution >= 0.6 is 23.3 Å². The molecule has 7 nitrogen and oxygen atoms in total. The van der Waals surface area contributed by atoms with Gasteiger partial charge in [-0.2, -0.15) is 0 Å². The van der Waals surface area contributed by atoms with Gasteiger partial charge >= 0.3 is 0 Å². The standard InChI is InChI=1S/C23H30N6OS2/c1-14(2)30-21-7-6-18(32-24)9-19(21)27-23-28-20(13-31-23)17-5-8-22(25-10-17)29-11-15(3)26-16(4)12-29/h5-10,13-16,26H,11-12,24H2,1-4H3,(H,27,28). The van der Waals surface area contributed by atoms with E-state index in [0.717, 1.165) is 51.6 Å². The minimum Gasteiger partial charge on any atom is -0.489 e. The fourth-order valence-corrected chi connectivity index (χ4v) is 4.92. The lowest BCUT2D eigenvalue weighted by Gasteiger charge is -2.36. The topological polar surface area (TPSA) is 88.3 Å². The predicted octanol–water partition coefficient (Wildman–Crippen LogP) is 4.89. The van der Waals surface area contributed by atoms with E-state index in [1.54, 1.807) is 11.3 Å². The molecule has 4 rings (SSSR count). The Morgan fingerprint density at radius 1 is 1.22 bits per heavy atom. The molecule has 4 N–H and O–H groups in total. The first-order valence-corrected chi connectivity index (χ1v) is 12.5. The van der Waals surface area contributed by atoms with Gasteiger partial charge in [-0.3, -0.25) is 5.14 Å². The smallest absolute Gasteiger partial charge is 0.187 e. The Morgan fingerprint density at radius 3 is 2.66 bits per heavy atom. The van der Waals surface area contributed by atoms with E-state index in [-0.39, 0.29) is 6.10 Å². The van der Waals surface area contributed by atoms with E-state index >= 15 is 0 Å². The minimum absolute atomic E-state index is 0.0741. The van der Waals surface area contributed by atoms with Crippen LogP contribution in [0.3, 0.4) is 0 Å². The van der Waals surface area contributed by atoms with Crippen LogP contribution in [-0.4, -0.2) is 41.2 Å². The predicted molar refractivity (Wildman–Crippen MR) is 135 cm³/mol. The van der Waals surface area contributed by atoms with Crippen LogP contribution in [0, 0.1) is 0 Å². The van der Waals surface area contributed by atoms with E-state index in [1.807, 2.05) is 43.6 Å². The number of aromatic nitrogens is 2. The molecule has 0 aliphatic carbocycles. The summed E-state index contributed by atoms with van der Waals surface area (Å²) >= 11 is 2.76. The van der Waals surface area contributed by atoms with Crippen LogP contribution in [0.2, 0.25) is 0 Å². The Kier molecular flexibility index (Phi) is 7.20. The molecular weight excluding hydrogens is 440 g/mol. The van der Waals surface area contributed by atoms with Crippen molar-refractivity contribution in [2.24, 2.45) is 5.14 Å². The normalized spacial score (nSPS) is 18.8. The van der Waals surface area contributed by atoms with Crippen molar-refractivity contribution in [3.8, 4) is 17.0 Å². The third-order valence-corrected chi connectivity index (χ3v) is 6.40. The van der Waals surface area contributed by atoms with Gasteiger partial charge in [-0.15, -0.1) is 11.3 Å². The summed E-state index contributed by atoms with van der Waals surface area (Å²) in [6.45, 7) is 10.4. The molecule has 0 saturated carbocycles. The van der Waals surface area contributed by atoms with Crippen LogP contribution in [0.15, 0.2) is 46.8 Å². The molecule has 0 radical (unpaired) electrons. The van der Waals surface area contributed by atoms with Gasteiger partial charge in [0.05, 0.1) is 17.5 Å². The van der Waals surface area contributed by atoms with Gasteiger partial charge in [-0.25, -0.2) is 9.97 Å². The van der Waals surface area contributed by atoms with Gasteiger partial charge in [-0.05, 0) is 70.0 Å². The largest absolute Gasteiger partial charge is 0.489 e. The molecule has 0 bridgehead atoms. The van der Waals surface area contributed by atoms with Gasteiger partial charge in [0.2, 0.25) is 0 Å². The van der Waals surface area contributed by atoms with Crippen molar-refractivity contribution in [1.29, 1.82) is 0 Å². The monoisotopic (exact) mass is 470 g/mol. The molecule has 1 aromatic carbocycles. The van der Waals surface area contributed by atoms with Crippen LogP contribution in [0.5, 0.6) is 5.75 Å². The van der Waals surface area contributed by atoms with Crippen LogP contribution in [-0.2, 0) is 0 Å². The second-order valence-electron chi connectivity index (χ2n) is 8.38. The van der Waals surface area contributed by atoms with Crippen molar-refractivity contribution in [2.45, 2.75) is 50.8 Å². The zero-order valence-corrected chi connectivity index (χ0v) is 20.5. The number of piperazine rings is 1. The number of nitrogens with one attached hydrogen (secondary N) is 2. The summed E-state index contributed by atoms with van der Waals surface area (Å²) in [4.78, 5) is 12.8. The zero-order valence-electron chi connectivity index (χ0n) is 18.8. The number of anilines is 3. The molecule has 1 fully saturated rings. The Bertz CT molecular complexity index is 1030. The highest BCUT2D eigenvalue weighted by Crippen LogP contribution is 2.34. The van der Waals surface area contributed by atoms with Crippen molar-refractivity contribution in [1.82, 2.24) is 15.3 Å².